The summed E-state index contributed by atoms with van der Waals surface area (Å²) in [6.07, 6.45) is 0.307. The van der Waals surface area contributed by atoms with Crippen LogP contribution in [0.4, 0.5) is 0 Å². The standard InChI is InChI=1S/C41H64O14/c1-6-31(54-36(48)18-29(43)32(7-2)55-37-19-30(44)38(49)21(3)52-37)28(42)17-35(47)53-24-10-12-39(4)23(15-24)8-9-26-27(39)16-33(45)40(5)25(11-13-41(26,40)50)22-14-34(46)51-20-22/h14,17-18,21,23-27,30-33,35-38,42-45,47-50H,6-13,15-16,19-20H2,1-5H3/b28-17-,29-18-/t21-,23?,24-,25+,26?,27?,30-,31+,32+,33-,35-,36-,37-,38+,39-,40-,41-/m0/s1. The second kappa shape index (κ2) is 16.6. The highest BCUT2D eigenvalue weighted by atomic mass is 16.7. The van der Waals surface area contributed by atoms with E-state index in [0.717, 1.165) is 37.0 Å². The van der Waals surface area contributed by atoms with Gasteiger partial charge in [-0.15, -0.1) is 0 Å². The summed E-state index contributed by atoms with van der Waals surface area (Å²) in [5, 5.41) is 87.4. The van der Waals surface area contributed by atoms with Gasteiger partial charge in [-0.3, -0.25) is 0 Å². The van der Waals surface area contributed by atoms with Crippen molar-refractivity contribution in [2.75, 3.05) is 6.61 Å². The van der Waals surface area contributed by atoms with Crippen molar-refractivity contribution in [1.82, 2.24) is 0 Å². The number of carbonyl (C=O) groups is 1. The zero-order valence-electron chi connectivity index (χ0n) is 32.8. The van der Waals surface area contributed by atoms with Gasteiger partial charge in [-0.2, -0.15) is 0 Å². The fourth-order valence-corrected chi connectivity index (χ4v) is 11.5. The fraction of sp³-hybridized carbons (Fsp3) is 0.829. The molecule has 4 aliphatic carbocycles. The molecule has 0 spiro atoms. The van der Waals surface area contributed by atoms with Crippen molar-refractivity contribution >= 4 is 5.97 Å². The van der Waals surface area contributed by atoms with E-state index in [1.807, 2.05) is 6.92 Å². The van der Waals surface area contributed by atoms with Crippen molar-refractivity contribution in [3.8, 4) is 0 Å². The number of aliphatic hydroxyl groups excluding tert-OH is 7. The molecule has 0 aromatic carbocycles. The lowest BCUT2D eigenvalue weighted by molar-refractivity contribution is -0.258. The summed E-state index contributed by atoms with van der Waals surface area (Å²) >= 11 is 0. The van der Waals surface area contributed by atoms with Crippen LogP contribution in [0, 0.1) is 34.5 Å². The monoisotopic (exact) mass is 780 g/mol. The van der Waals surface area contributed by atoms with Gasteiger partial charge in [0.2, 0.25) is 0 Å². The van der Waals surface area contributed by atoms with Crippen molar-refractivity contribution in [3.63, 3.8) is 0 Å². The number of hydrogen-bond acceptors (Lipinski definition) is 14. The topological polar surface area (TPSA) is 225 Å². The van der Waals surface area contributed by atoms with E-state index >= 15 is 0 Å². The van der Waals surface area contributed by atoms with E-state index in [9.17, 15) is 45.6 Å². The van der Waals surface area contributed by atoms with Crippen LogP contribution in [0.3, 0.4) is 0 Å². The zero-order chi connectivity index (χ0) is 40.0. The first kappa shape index (κ1) is 42.5. The average Bonchev–Trinajstić information content (AvgIpc) is 3.68. The van der Waals surface area contributed by atoms with Gasteiger partial charge in [0.05, 0.1) is 30.0 Å². The Morgan fingerprint density at radius 1 is 0.909 bits per heavy atom. The van der Waals surface area contributed by atoms with Crippen molar-refractivity contribution in [2.45, 2.75) is 172 Å². The number of rotatable bonds is 13. The fourth-order valence-electron chi connectivity index (χ4n) is 11.5. The maximum atomic E-state index is 12.5. The third-order valence-electron chi connectivity index (χ3n) is 14.7. The minimum absolute atomic E-state index is 0.00654. The lowest BCUT2D eigenvalue weighted by Crippen LogP contribution is -2.67. The highest BCUT2D eigenvalue weighted by Crippen LogP contribution is 2.70. The maximum Gasteiger partial charge on any atom is 0.331 e. The van der Waals surface area contributed by atoms with E-state index in [1.54, 1.807) is 26.8 Å². The molecule has 6 aliphatic rings. The summed E-state index contributed by atoms with van der Waals surface area (Å²) in [6, 6.07) is 0. The van der Waals surface area contributed by atoms with Gasteiger partial charge >= 0.3 is 5.97 Å². The molecule has 14 heteroatoms. The van der Waals surface area contributed by atoms with Crippen LogP contribution in [-0.2, 0) is 28.5 Å². The Morgan fingerprint density at radius 2 is 1.60 bits per heavy atom. The van der Waals surface area contributed by atoms with Crippen LogP contribution in [0.1, 0.15) is 105 Å². The smallest absolute Gasteiger partial charge is 0.331 e. The molecule has 0 radical (unpaired) electrons. The first-order valence-corrected chi connectivity index (χ1v) is 20.4. The van der Waals surface area contributed by atoms with Gasteiger partial charge < -0.3 is 64.5 Å². The lowest BCUT2D eigenvalue weighted by Gasteiger charge is -2.65. The minimum atomic E-state index is -1.64. The number of esters is 1. The molecular formula is C41H64O14. The summed E-state index contributed by atoms with van der Waals surface area (Å²) in [5.41, 5.74) is -1.10. The van der Waals surface area contributed by atoms with Gasteiger partial charge in [0.1, 0.15) is 36.4 Å². The van der Waals surface area contributed by atoms with Crippen LogP contribution >= 0.6 is 0 Å². The summed E-state index contributed by atoms with van der Waals surface area (Å²) in [7, 11) is 0. The summed E-state index contributed by atoms with van der Waals surface area (Å²) in [5.74, 6) is -0.767. The molecule has 0 aromatic rings. The molecule has 0 aromatic heterocycles. The Labute approximate surface area is 323 Å². The predicted molar refractivity (Wildman–Crippen MR) is 197 cm³/mol. The number of cyclic esters (lactones) is 1. The molecule has 312 valence electrons. The molecule has 0 amide bonds. The SMILES string of the molecule is CC[C@@H](O[C@H]1C[C@H](O)[C@H](O)[C@H](C)O1)/C(O)=C/[C@@H](O)O[C@H](CC)/C(O)=C/[C@@H](O)O[C@H]1CC[C@@]2(C)C(CCC3C2C[C@H](O)[C@]2(C)[C@@H](C4=CC(=O)OC4)CC[C@]32O)C1. The molecule has 6 rings (SSSR count). The Bertz CT molecular complexity index is 1450. The molecule has 1 saturated heterocycles. The molecule has 8 N–H and O–H groups in total. The first-order valence-electron chi connectivity index (χ1n) is 20.4. The largest absolute Gasteiger partial charge is 0.510 e. The minimum Gasteiger partial charge on any atom is -0.510 e. The van der Waals surface area contributed by atoms with Crippen molar-refractivity contribution < 1.29 is 69.3 Å². The Kier molecular flexibility index (Phi) is 12.8. The van der Waals surface area contributed by atoms with Gasteiger partial charge in [-0.05, 0) is 106 Å². The third kappa shape index (κ3) is 8.02. The van der Waals surface area contributed by atoms with E-state index < -0.39 is 66.5 Å². The highest BCUT2D eigenvalue weighted by molar-refractivity contribution is 5.85. The average molecular weight is 781 g/mol. The molecule has 17 atom stereocenters. The molecule has 0 bridgehead atoms. The molecule has 2 heterocycles. The second-order valence-electron chi connectivity index (χ2n) is 17.5. The molecule has 2 aliphatic heterocycles. The van der Waals surface area contributed by atoms with E-state index in [0.29, 0.717) is 38.5 Å². The van der Waals surface area contributed by atoms with Crippen molar-refractivity contribution in [3.05, 3.63) is 35.3 Å². The molecule has 55 heavy (non-hydrogen) atoms. The molecular weight excluding hydrogens is 716 g/mol. The second-order valence-corrected chi connectivity index (χ2v) is 17.5. The Balaban J connectivity index is 1.03. The number of hydrogen-bond donors (Lipinski definition) is 8. The quantitative estimate of drug-likeness (QED) is 0.0761. The van der Waals surface area contributed by atoms with Crippen LogP contribution in [0.5, 0.6) is 0 Å². The predicted octanol–water partition coefficient (Wildman–Crippen LogP) is 3.57. The van der Waals surface area contributed by atoms with Crippen molar-refractivity contribution in [2.24, 2.45) is 34.5 Å². The van der Waals surface area contributed by atoms with E-state index in [4.69, 9.17) is 23.7 Å². The normalized spacial score (nSPS) is 44.4. The summed E-state index contributed by atoms with van der Waals surface area (Å²) < 4.78 is 28.2. The summed E-state index contributed by atoms with van der Waals surface area (Å²) in [6.45, 7) is 9.58. The zero-order valence-corrected chi connectivity index (χ0v) is 32.8. The Morgan fingerprint density at radius 3 is 2.25 bits per heavy atom. The van der Waals surface area contributed by atoms with Crippen LogP contribution in [-0.4, -0.2) is 121 Å². The number of aliphatic hydroxyl groups is 8. The van der Waals surface area contributed by atoms with Gasteiger partial charge in [-0.25, -0.2) is 4.79 Å². The molecule has 3 unspecified atom stereocenters. The van der Waals surface area contributed by atoms with Gasteiger partial charge in [-0.1, -0.05) is 27.7 Å². The molecule has 5 fully saturated rings. The molecule has 4 saturated carbocycles. The third-order valence-corrected chi connectivity index (χ3v) is 14.7. The van der Waals surface area contributed by atoms with Crippen LogP contribution in [0.15, 0.2) is 35.3 Å². The summed E-state index contributed by atoms with van der Waals surface area (Å²) in [4.78, 5) is 11.9. The number of fused-ring (bicyclic) bond motifs is 5. The van der Waals surface area contributed by atoms with Crippen molar-refractivity contribution in [1.29, 1.82) is 0 Å². The highest BCUT2D eigenvalue weighted by Gasteiger charge is 2.70. The molecule has 14 nitrogen and oxygen atoms in total. The van der Waals surface area contributed by atoms with E-state index in [-0.39, 0.29) is 72.1 Å². The lowest BCUT2D eigenvalue weighted by atomic mass is 9.42. The number of carbonyl (C=O) groups excluding carboxylic acids is 1. The van der Waals surface area contributed by atoms with E-state index in [2.05, 4.69) is 6.92 Å². The maximum absolute atomic E-state index is 12.5. The van der Waals surface area contributed by atoms with Gasteiger partial charge in [0.25, 0.3) is 0 Å². The van der Waals surface area contributed by atoms with Gasteiger partial charge in [0, 0.05) is 30.1 Å². The van der Waals surface area contributed by atoms with Crippen LogP contribution < -0.4 is 0 Å². The Hall–Kier alpha value is -2.11. The first-order chi connectivity index (χ1) is 25.9. The van der Waals surface area contributed by atoms with Crippen LogP contribution in [0.25, 0.3) is 0 Å². The van der Waals surface area contributed by atoms with Crippen LogP contribution in [0.2, 0.25) is 0 Å². The number of ether oxygens (including phenoxy) is 5. The van der Waals surface area contributed by atoms with E-state index in [1.165, 1.54) is 0 Å². The van der Waals surface area contributed by atoms with Gasteiger partial charge in [0.15, 0.2) is 18.9 Å².